The summed E-state index contributed by atoms with van der Waals surface area (Å²) in [5.74, 6) is 0.0956. The van der Waals surface area contributed by atoms with Crippen molar-refractivity contribution in [1.82, 2.24) is 10.3 Å². The lowest BCUT2D eigenvalue weighted by Gasteiger charge is -2.17. The highest BCUT2D eigenvalue weighted by Crippen LogP contribution is 2.12. The number of hydrogen-bond donors (Lipinski definition) is 1. The van der Waals surface area contributed by atoms with Crippen molar-refractivity contribution in [1.29, 1.82) is 0 Å². The van der Waals surface area contributed by atoms with Gasteiger partial charge in [0.05, 0.1) is 0 Å². The van der Waals surface area contributed by atoms with Gasteiger partial charge in [0.2, 0.25) is 5.91 Å². The fraction of sp³-hybridized carbons (Fsp3) is 0.538. The molecule has 3 nitrogen and oxygen atoms in total. The average molecular weight is 220 g/mol. The van der Waals surface area contributed by atoms with E-state index in [9.17, 15) is 4.79 Å². The first kappa shape index (κ1) is 12.7. The van der Waals surface area contributed by atoms with Crippen LogP contribution in [0.1, 0.15) is 32.0 Å². The quantitative estimate of drug-likeness (QED) is 0.847. The summed E-state index contributed by atoms with van der Waals surface area (Å²) in [6, 6.07) is 4.03. The highest BCUT2D eigenvalue weighted by atomic mass is 16.2. The number of amides is 1. The van der Waals surface area contributed by atoms with Crippen molar-refractivity contribution < 1.29 is 4.79 Å². The third-order valence-corrected chi connectivity index (χ3v) is 2.34. The number of nitrogens with zero attached hydrogens (tertiary/aromatic N) is 1. The van der Waals surface area contributed by atoms with Crippen LogP contribution in [-0.4, -0.2) is 17.4 Å². The molecular weight excluding hydrogens is 200 g/mol. The first-order chi connectivity index (χ1) is 7.39. The molecule has 1 aromatic rings. The van der Waals surface area contributed by atoms with Gasteiger partial charge in [0, 0.05) is 23.9 Å². The Bertz CT molecular complexity index is 366. The molecule has 0 aliphatic heterocycles. The summed E-state index contributed by atoms with van der Waals surface area (Å²) in [6.45, 7) is 8.40. The van der Waals surface area contributed by atoms with Crippen LogP contribution in [0.3, 0.4) is 0 Å². The van der Waals surface area contributed by atoms with Gasteiger partial charge in [-0.2, -0.15) is 0 Å². The first-order valence-corrected chi connectivity index (χ1v) is 5.59. The molecule has 0 saturated carbocycles. The van der Waals surface area contributed by atoms with Crippen LogP contribution in [0.5, 0.6) is 0 Å². The molecule has 1 rings (SSSR count). The number of carbonyl (C=O) groups is 1. The Kier molecular flexibility index (Phi) is 4.05. The summed E-state index contributed by atoms with van der Waals surface area (Å²) in [5, 5.41) is 2.93. The van der Waals surface area contributed by atoms with Crippen LogP contribution in [-0.2, 0) is 11.2 Å². The van der Waals surface area contributed by atoms with E-state index in [1.54, 1.807) is 6.20 Å². The van der Waals surface area contributed by atoms with Gasteiger partial charge in [0.25, 0.3) is 0 Å². The topological polar surface area (TPSA) is 42.0 Å². The van der Waals surface area contributed by atoms with Gasteiger partial charge in [0.1, 0.15) is 0 Å². The highest BCUT2D eigenvalue weighted by molar-refractivity contribution is 5.81. The van der Waals surface area contributed by atoms with E-state index in [-0.39, 0.29) is 11.3 Å². The van der Waals surface area contributed by atoms with Crippen molar-refractivity contribution in [2.45, 2.75) is 34.1 Å². The molecule has 0 aliphatic rings. The summed E-state index contributed by atoms with van der Waals surface area (Å²) < 4.78 is 0. The second-order valence-corrected chi connectivity index (χ2v) is 5.06. The Labute approximate surface area is 97.3 Å². The van der Waals surface area contributed by atoms with Crippen LogP contribution < -0.4 is 5.32 Å². The maximum absolute atomic E-state index is 11.6. The Morgan fingerprint density at radius 2 is 2.12 bits per heavy atom. The van der Waals surface area contributed by atoms with Crippen molar-refractivity contribution in [2.75, 3.05) is 6.54 Å². The van der Waals surface area contributed by atoms with Gasteiger partial charge in [-0.1, -0.05) is 20.8 Å². The molecule has 1 aromatic heterocycles. The zero-order valence-electron chi connectivity index (χ0n) is 10.5. The molecule has 0 saturated heterocycles. The van der Waals surface area contributed by atoms with E-state index >= 15 is 0 Å². The van der Waals surface area contributed by atoms with Crippen molar-refractivity contribution in [2.24, 2.45) is 5.41 Å². The summed E-state index contributed by atoms with van der Waals surface area (Å²) in [4.78, 5) is 15.7. The fourth-order valence-electron chi connectivity index (χ4n) is 1.35. The number of pyridine rings is 1. The van der Waals surface area contributed by atoms with Gasteiger partial charge in [-0.05, 0) is 31.0 Å². The maximum Gasteiger partial charge on any atom is 0.225 e. The van der Waals surface area contributed by atoms with E-state index in [2.05, 4.69) is 10.3 Å². The molecule has 1 heterocycles. The van der Waals surface area contributed by atoms with Crippen LogP contribution in [0.4, 0.5) is 0 Å². The number of nitrogens with one attached hydrogen (secondary N) is 1. The number of rotatable bonds is 3. The third-order valence-electron chi connectivity index (χ3n) is 2.34. The van der Waals surface area contributed by atoms with Gasteiger partial charge in [0.15, 0.2) is 0 Å². The van der Waals surface area contributed by atoms with Crippen molar-refractivity contribution >= 4 is 5.91 Å². The smallest absolute Gasteiger partial charge is 0.225 e. The lowest BCUT2D eigenvalue weighted by molar-refractivity contribution is -0.128. The van der Waals surface area contributed by atoms with E-state index in [1.807, 2.05) is 39.8 Å². The fourth-order valence-corrected chi connectivity index (χ4v) is 1.35. The maximum atomic E-state index is 11.6. The molecule has 88 valence electrons. The van der Waals surface area contributed by atoms with Gasteiger partial charge >= 0.3 is 0 Å². The Morgan fingerprint density at radius 3 is 2.69 bits per heavy atom. The van der Waals surface area contributed by atoms with E-state index in [4.69, 9.17) is 0 Å². The normalized spacial score (nSPS) is 11.2. The van der Waals surface area contributed by atoms with Crippen LogP contribution in [0.25, 0.3) is 0 Å². The summed E-state index contributed by atoms with van der Waals surface area (Å²) in [7, 11) is 0. The van der Waals surface area contributed by atoms with Crippen LogP contribution >= 0.6 is 0 Å². The van der Waals surface area contributed by atoms with Gasteiger partial charge < -0.3 is 5.32 Å². The molecule has 0 radical (unpaired) electrons. The van der Waals surface area contributed by atoms with Crippen molar-refractivity contribution in [3.8, 4) is 0 Å². The van der Waals surface area contributed by atoms with E-state index in [1.165, 1.54) is 5.56 Å². The molecule has 3 heteroatoms. The number of carbonyl (C=O) groups excluding carboxylic acids is 1. The highest BCUT2D eigenvalue weighted by Gasteiger charge is 2.20. The van der Waals surface area contributed by atoms with Crippen molar-refractivity contribution in [3.63, 3.8) is 0 Å². The molecule has 0 aromatic carbocycles. The molecule has 0 atom stereocenters. The monoisotopic (exact) mass is 220 g/mol. The van der Waals surface area contributed by atoms with Crippen LogP contribution in [0, 0.1) is 12.3 Å². The molecule has 0 fully saturated rings. The van der Waals surface area contributed by atoms with Crippen LogP contribution in [0.15, 0.2) is 18.3 Å². The zero-order chi connectivity index (χ0) is 12.2. The molecule has 0 bridgehead atoms. The van der Waals surface area contributed by atoms with Gasteiger partial charge in [-0.15, -0.1) is 0 Å². The third kappa shape index (κ3) is 4.01. The Hall–Kier alpha value is -1.38. The van der Waals surface area contributed by atoms with Crippen molar-refractivity contribution in [3.05, 3.63) is 29.6 Å². The molecule has 16 heavy (non-hydrogen) atoms. The Balaban J connectivity index is 2.39. The second kappa shape index (κ2) is 5.10. The van der Waals surface area contributed by atoms with Crippen LogP contribution in [0.2, 0.25) is 0 Å². The SMILES string of the molecule is Cc1cc(CCNC(=O)C(C)(C)C)ccn1. The average Bonchev–Trinajstić information content (AvgIpc) is 2.16. The number of aryl methyl sites for hydroxylation is 1. The molecule has 1 N–H and O–H groups in total. The minimum absolute atomic E-state index is 0.0956. The van der Waals surface area contributed by atoms with Gasteiger partial charge in [-0.3, -0.25) is 9.78 Å². The molecule has 0 aliphatic carbocycles. The predicted octanol–water partition coefficient (Wildman–Crippen LogP) is 2.09. The number of hydrogen-bond acceptors (Lipinski definition) is 2. The van der Waals surface area contributed by atoms with E-state index in [0.29, 0.717) is 6.54 Å². The summed E-state index contributed by atoms with van der Waals surface area (Å²) in [6.07, 6.45) is 2.65. The zero-order valence-corrected chi connectivity index (χ0v) is 10.5. The molecule has 0 unspecified atom stereocenters. The lowest BCUT2D eigenvalue weighted by atomic mass is 9.95. The minimum atomic E-state index is -0.311. The van der Waals surface area contributed by atoms with Gasteiger partial charge in [-0.25, -0.2) is 0 Å². The summed E-state index contributed by atoms with van der Waals surface area (Å²) in [5.41, 5.74) is 1.91. The number of aromatic nitrogens is 1. The summed E-state index contributed by atoms with van der Waals surface area (Å²) >= 11 is 0. The second-order valence-electron chi connectivity index (χ2n) is 5.06. The molecule has 0 spiro atoms. The molecule has 1 amide bonds. The van der Waals surface area contributed by atoms with E-state index < -0.39 is 0 Å². The molecular formula is C13H20N2O. The Morgan fingerprint density at radius 1 is 1.44 bits per heavy atom. The van der Waals surface area contributed by atoms with E-state index in [0.717, 1.165) is 12.1 Å². The predicted molar refractivity (Wildman–Crippen MR) is 65.1 cm³/mol. The lowest BCUT2D eigenvalue weighted by Crippen LogP contribution is -2.35. The standard InChI is InChI=1S/C13H20N2O/c1-10-9-11(5-7-14-10)6-8-15-12(16)13(2,3)4/h5,7,9H,6,8H2,1-4H3,(H,15,16). The minimum Gasteiger partial charge on any atom is -0.355 e. The largest absolute Gasteiger partial charge is 0.355 e. The first-order valence-electron chi connectivity index (χ1n) is 5.59.